The van der Waals surface area contributed by atoms with Gasteiger partial charge in [-0.05, 0) is 30.2 Å². The summed E-state index contributed by atoms with van der Waals surface area (Å²) in [5.74, 6) is 1.68. The van der Waals surface area contributed by atoms with Crippen molar-refractivity contribution in [1.29, 1.82) is 0 Å². The molecule has 1 aliphatic rings. The third kappa shape index (κ3) is 3.89. The first kappa shape index (κ1) is 19.3. The van der Waals surface area contributed by atoms with Crippen molar-refractivity contribution in [2.45, 2.75) is 13.3 Å². The number of nitrogens with one attached hydrogen (secondary N) is 1. The van der Waals surface area contributed by atoms with Gasteiger partial charge < -0.3 is 19.5 Å². The fourth-order valence-corrected chi connectivity index (χ4v) is 4.49. The number of rotatable bonds is 6. The number of hydrogen-bond acceptors (Lipinski definition) is 8. The molecule has 0 bridgehead atoms. The number of fused-ring (bicyclic) bond motifs is 2. The van der Waals surface area contributed by atoms with E-state index in [1.54, 1.807) is 0 Å². The number of esters is 1. The Bertz CT molecular complexity index is 1260. The SMILES string of the molecule is Cc1c(C(=O)OCCc2ccccc2)sc2ncnc(Nc3ccc4c(c3)OCO4)c12. The maximum absolute atomic E-state index is 12.7. The van der Waals surface area contributed by atoms with Crippen LogP contribution in [0.25, 0.3) is 10.2 Å². The number of carbonyl (C=O) groups is 1. The van der Waals surface area contributed by atoms with Gasteiger partial charge in [-0.1, -0.05) is 30.3 Å². The number of ether oxygens (including phenoxy) is 3. The van der Waals surface area contributed by atoms with Crippen LogP contribution in [0, 0.1) is 6.92 Å². The molecule has 0 atom stereocenters. The fraction of sp³-hybridized carbons (Fsp3) is 0.174. The molecule has 31 heavy (non-hydrogen) atoms. The largest absolute Gasteiger partial charge is 0.461 e. The van der Waals surface area contributed by atoms with E-state index in [9.17, 15) is 4.79 Å². The van der Waals surface area contributed by atoms with Crippen LogP contribution < -0.4 is 14.8 Å². The number of aryl methyl sites for hydroxylation is 1. The summed E-state index contributed by atoms with van der Waals surface area (Å²) in [5.41, 5.74) is 2.74. The van der Waals surface area contributed by atoms with Crippen molar-refractivity contribution in [2.24, 2.45) is 0 Å². The van der Waals surface area contributed by atoms with Crippen molar-refractivity contribution in [3.05, 3.63) is 70.9 Å². The van der Waals surface area contributed by atoms with Gasteiger partial charge in [-0.25, -0.2) is 14.8 Å². The average Bonchev–Trinajstić information content (AvgIpc) is 3.39. The monoisotopic (exact) mass is 433 g/mol. The molecule has 5 rings (SSSR count). The van der Waals surface area contributed by atoms with Crippen LogP contribution in [0.15, 0.2) is 54.9 Å². The van der Waals surface area contributed by atoms with E-state index in [0.29, 0.717) is 35.2 Å². The third-order valence-electron chi connectivity index (χ3n) is 5.01. The van der Waals surface area contributed by atoms with Crippen molar-refractivity contribution >= 4 is 39.0 Å². The Morgan fingerprint density at radius 2 is 1.97 bits per heavy atom. The molecule has 0 saturated carbocycles. The average molecular weight is 433 g/mol. The zero-order chi connectivity index (χ0) is 21.2. The molecule has 0 radical (unpaired) electrons. The number of hydrogen-bond donors (Lipinski definition) is 1. The normalized spacial score (nSPS) is 12.2. The number of benzene rings is 2. The molecule has 8 heteroatoms. The molecule has 3 heterocycles. The molecule has 1 aliphatic heterocycles. The summed E-state index contributed by atoms with van der Waals surface area (Å²) in [5, 5.41) is 4.11. The Labute approximate surface area is 182 Å². The first-order chi connectivity index (χ1) is 15.2. The van der Waals surface area contributed by atoms with Gasteiger partial charge in [0.25, 0.3) is 0 Å². The Balaban J connectivity index is 1.36. The van der Waals surface area contributed by atoms with Crippen molar-refractivity contribution in [2.75, 3.05) is 18.7 Å². The van der Waals surface area contributed by atoms with Crippen LogP contribution in [0.1, 0.15) is 20.8 Å². The summed E-state index contributed by atoms with van der Waals surface area (Å²) < 4.78 is 16.3. The van der Waals surface area contributed by atoms with Gasteiger partial charge in [-0.15, -0.1) is 11.3 Å². The molecule has 0 fully saturated rings. The van der Waals surface area contributed by atoms with Crippen LogP contribution in [-0.2, 0) is 11.2 Å². The van der Waals surface area contributed by atoms with Gasteiger partial charge in [-0.3, -0.25) is 0 Å². The standard InChI is InChI=1S/C23H19N3O4S/c1-14-19-21(26-16-7-8-17-18(11-16)30-13-29-17)24-12-25-22(19)31-20(14)23(27)28-10-9-15-5-3-2-4-6-15/h2-8,11-12H,9-10,13H2,1H3,(H,24,25,26). The highest BCUT2D eigenvalue weighted by Gasteiger charge is 2.21. The van der Waals surface area contributed by atoms with E-state index in [0.717, 1.165) is 27.0 Å². The molecule has 7 nitrogen and oxygen atoms in total. The summed E-state index contributed by atoms with van der Waals surface area (Å²) in [6.45, 7) is 2.43. The van der Waals surface area contributed by atoms with Gasteiger partial charge in [0.15, 0.2) is 11.5 Å². The topological polar surface area (TPSA) is 82.6 Å². The van der Waals surface area contributed by atoms with Gasteiger partial charge in [-0.2, -0.15) is 0 Å². The smallest absolute Gasteiger partial charge is 0.348 e. The zero-order valence-corrected chi connectivity index (χ0v) is 17.6. The molecule has 0 amide bonds. The second-order valence-corrected chi connectivity index (χ2v) is 8.02. The second-order valence-electron chi connectivity index (χ2n) is 7.02. The predicted octanol–water partition coefficient (Wildman–Crippen LogP) is 4.87. The fourth-order valence-electron chi connectivity index (χ4n) is 3.44. The third-order valence-corrected chi connectivity index (χ3v) is 6.19. The molecule has 2 aromatic carbocycles. The molecule has 2 aromatic heterocycles. The Morgan fingerprint density at radius 3 is 2.84 bits per heavy atom. The van der Waals surface area contributed by atoms with Gasteiger partial charge in [0, 0.05) is 18.2 Å². The van der Waals surface area contributed by atoms with Crippen LogP contribution in [0.4, 0.5) is 11.5 Å². The summed E-state index contributed by atoms with van der Waals surface area (Å²) in [7, 11) is 0. The van der Waals surface area contributed by atoms with E-state index in [1.165, 1.54) is 17.7 Å². The maximum atomic E-state index is 12.7. The van der Waals surface area contributed by atoms with E-state index >= 15 is 0 Å². The highest BCUT2D eigenvalue weighted by Crippen LogP contribution is 2.38. The Hall–Kier alpha value is -3.65. The van der Waals surface area contributed by atoms with E-state index < -0.39 is 0 Å². The minimum Gasteiger partial charge on any atom is -0.461 e. The number of nitrogens with zero attached hydrogens (tertiary/aromatic N) is 2. The lowest BCUT2D eigenvalue weighted by atomic mass is 10.2. The van der Waals surface area contributed by atoms with Crippen LogP contribution in [-0.4, -0.2) is 29.3 Å². The first-order valence-corrected chi connectivity index (χ1v) is 10.6. The highest BCUT2D eigenvalue weighted by molar-refractivity contribution is 7.20. The van der Waals surface area contributed by atoms with Crippen LogP contribution in [0.3, 0.4) is 0 Å². The van der Waals surface area contributed by atoms with Gasteiger partial charge >= 0.3 is 5.97 Å². The van der Waals surface area contributed by atoms with Gasteiger partial charge in [0.05, 0.1) is 12.0 Å². The zero-order valence-electron chi connectivity index (χ0n) is 16.8. The maximum Gasteiger partial charge on any atom is 0.348 e. The van der Waals surface area contributed by atoms with Crippen molar-refractivity contribution in [3.63, 3.8) is 0 Å². The molecular formula is C23H19N3O4S. The van der Waals surface area contributed by atoms with E-state index in [2.05, 4.69) is 15.3 Å². The molecule has 0 unspecified atom stereocenters. The van der Waals surface area contributed by atoms with Gasteiger partial charge in [0.2, 0.25) is 6.79 Å². The minimum atomic E-state index is -0.342. The van der Waals surface area contributed by atoms with Crippen LogP contribution >= 0.6 is 11.3 Å². The van der Waals surface area contributed by atoms with Crippen LogP contribution in [0.5, 0.6) is 11.5 Å². The molecule has 0 spiro atoms. The summed E-state index contributed by atoms with van der Waals surface area (Å²) >= 11 is 1.31. The van der Waals surface area contributed by atoms with Crippen molar-refractivity contribution < 1.29 is 19.0 Å². The van der Waals surface area contributed by atoms with Crippen molar-refractivity contribution in [1.82, 2.24) is 9.97 Å². The summed E-state index contributed by atoms with van der Waals surface area (Å²) in [6, 6.07) is 15.5. The predicted molar refractivity (Wildman–Crippen MR) is 118 cm³/mol. The first-order valence-electron chi connectivity index (χ1n) is 9.81. The number of carbonyl (C=O) groups excluding carboxylic acids is 1. The van der Waals surface area contributed by atoms with E-state index in [4.69, 9.17) is 14.2 Å². The molecule has 1 N–H and O–H groups in total. The molecule has 4 aromatic rings. The lowest BCUT2D eigenvalue weighted by Gasteiger charge is -2.08. The molecule has 0 saturated heterocycles. The lowest BCUT2D eigenvalue weighted by molar-refractivity contribution is 0.0514. The number of thiophene rings is 1. The summed E-state index contributed by atoms with van der Waals surface area (Å²) in [6.07, 6.45) is 2.16. The number of aromatic nitrogens is 2. The van der Waals surface area contributed by atoms with E-state index in [-0.39, 0.29) is 12.8 Å². The summed E-state index contributed by atoms with van der Waals surface area (Å²) in [4.78, 5) is 22.7. The molecule has 0 aliphatic carbocycles. The second kappa shape index (κ2) is 8.23. The molecule has 156 valence electrons. The number of anilines is 2. The molecular weight excluding hydrogens is 414 g/mol. The van der Waals surface area contributed by atoms with Crippen molar-refractivity contribution in [3.8, 4) is 11.5 Å². The Kier molecular flexibility index (Phi) is 5.13. The Morgan fingerprint density at radius 1 is 1.13 bits per heavy atom. The highest BCUT2D eigenvalue weighted by atomic mass is 32.1. The quantitative estimate of drug-likeness (QED) is 0.434. The van der Waals surface area contributed by atoms with Crippen LogP contribution in [0.2, 0.25) is 0 Å². The van der Waals surface area contributed by atoms with E-state index in [1.807, 2.05) is 55.5 Å². The van der Waals surface area contributed by atoms with Gasteiger partial charge in [0.1, 0.15) is 21.9 Å². The minimum absolute atomic E-state index is 0.218. The lowest BCUT2D eigenvalue weighted by Crippen LogP contribution is -2.07.